The number of halogens is 2. The summed E-state index contributed by atoms with van der Waals surface area (Å²) < 4.78 is 1.82. The Hall–Kier alpha value is -2.09. The van der Waals surface area contributed by atoms with Gasteiger partial charge < -0.3 is 10.6 Å². The summed E-state index contributed by atoms with van der Waals surface area (Å²) in [5.41, 5.74) is 8.93. The van der Waals surface area contributed by atoms with E-state index in [0.29, 0.717) is 5.78 Å². The molecule has 0 spiro atoms. The summed E-state index contributed by atoms with van der Waals surface area (Å²) in [6.45, 7) is 6.86. The first kappa shape index (κ1) is 20.2. The molecule has 2 N–H and O–H groups in total. The van der Waals surface area contributed by atoms with Gasteiger partial charge in [-0.1, -0.05) is 12.1 Å². The smallest absolute Gasteiger partial charge is 0.254 e. The molecule has 0 aliphatic carbocycles. The maximum absolute atomic E-state index is 5.87. The lowest BCUT2D eigenvalue weighted by atomic mass is 10.2. The third-order valence-corrected chi connectivity index (χ3v) is 4.41. The van der Waals surface area contributed by atoms with Gasteiger partial charge in [0.1, 0.15) is 12.1 Å². The fraction of sp³-hybridized carbons (Fsp3) is 0.353. The lowest BCUT2D eigenvalue weighted by Gasteiger charge is -2.36. The number of aryl methyl sites for hydroxylation is 1. The summed E-state index contributed by atoms with van der Waals surface area (Å²) in [5, 5.41) is 4.31. The number of nitrogens with zero attached hydrogens (tertiary/aromatic N) is 6. The molecular weight excluding hydrogens is 373 g/mol. The number of nitrogen functional groups attached to an aromatic ring is 1. The zero-order valence-corrected chi connectivity index (χ0v) is 16.2. The first-order chi connectivity index (χ1) is 11.7. The van der Waals surface area contributed by atoms with Gasteiger partial charge in [0.2, 0.25) is 0 Å². The van der Waals surface area contributed by atoms with E-state index in [1.165, 1.54) is 5.56 Å². The molecule has 9 heteroatoms. The lowest BCUT2D eigenvalue weighted by Crippen LogP contribution is -2.46. The Bertz CT molecular complexity index is 859. The van der Waals surface area contributed by atoms with Crippen LogP contribution in [0.2, 0.25) is 0 Å². The van der Waals surface area contributed by atoms with E-state index in [4.69, 9.17) is 5.73 Å². The van der Waals surface area contributed by atoms with Gasteiger partial charge in [0.05, 0.1) is 0 Å². The van der Waals surface area contributed by atoms with Gasteiger partial charge >= 0.3 is 0 Å². The Labute approximate surface area is 165 Å². The second-order valence-electron chi connectivity index (χ2n) is 6.24. The Balaban J connectivity index is 0.00000121. The van der Waals surface area contributed by atoms with E-state index in [1.54, 1.807) is 6.33 Å². The second kappa shape index (κ2) is 8.53. The molecule has 26 heavy (non-hydrogen) atoms. The third-order valence-electron chi connectivity index (χ3n) is 4.41. The van der Waals surface area contributed by atoms with Gasteiger partial charge in [0.25, 0.3) is 5.78 Å². The van der Waals surface area contributed by atoms with Crippen LogP contribution in [0.3, 0.4) is 0 Å². The van der Waals surface area contributed by atoms with Crippen LogP contribution in [0.25, 0.3) is 5.78 Å². The van der Waals surface area contributed by atoms with Crippen LogP contribution in [-0.2, 0) is 6.54 Å². The maximum atomic E-state index is 5.87. The standard InChI is InChI=1S/C17H21N7.2ClH/c1-13-9-16(24-17(21-13)19-12-20-24)23-7-5-22(6-8-23)11-14-3-2-4-15(18)10-14;;/h2-4,9-10,12H,5-8,11,18H2,1H3;2*1H. The number of hydrogen-bond donors (Lipinski definition) is 1. The van der Waals surface area contributed by atoms with E-state index < -0.39 is 0 Å². The molecule has 0 atom stereocenters. The molecule has 4 rings (SSSR count). The van der Waals surface area contributed by atoms with Gasteiger partial charge in [-0.2, -0.15) is 14.6 Å². The zero-order valence-electron chi connectivity index (χ0n) is 14.6. The van der Waals surface area contributed by atoms with E-state index in [0.717, 1.165) is 49.9 Å². The minimum atomic E-state index is 0. The second-order valence-corrected chi connectivity index (χ2v) is 6.24. The van der Waals surface area contributed by atoms with Crippen LogP contribution < -0.4 is 10.6 Å². The van der Waals surface area contributed by atoms with Crippen molar-refractivity contribution in [2.24, 2.45) is 0 Å². The first-order valence-corrected chi connectivity index (χ1v) is 8.18. The number of rotatable bonds is 3. The predicted octanol–water partition coefficient (Wildman–Crippen LogP) is 2.18. The molecule has 7 nitrogen and oxygen atoms in total. The van der Waals surface area contributed by atoms with Crippen LogP contribution in [0.4, 0.5) is 11.5 Å². The number of anilines is 2. The van der Waals surface area contributed by atoms with Crippen LogP contribution in [0.5, 0.6) is 0 Å². The maximum Gasteiger partial charge on any atom is 0.254 e. The summed E-state index contributed by atoms with van der Waals surface area (Å²) in [6, 6.07) is 10.2. The van der Waals surface area contributed by atoms with Gasteiger partial charge in [-0.15, -0.1) is 24.8 Å². The summed E-state index contributed by atoms with van der Waals surface area (Å²) >= 11 is 0. The Morgan fingerprint density at radius 1 is 1.08 bits per heavy atom. The fourth-order valence-corrected chi connectivity index (χ4v) is 3.22. The highest BCUT2D eigenvalue weighted by molar-refractivity contribution is 5.85. The summed E-state index contributed by atoms with van der Waals surface area (Å²) in [5.74, 6) is 1.73. The number of piperazine rings is 1. The van der Waals surface area contributed by atoms with Gasteiger partial charge in [0.15, 0.2) is 0 Å². The minimum absolute atomic E-state index is 0. The highest BCUT2D eigenvalue weighted by atomic mass is 35.5. The molecule has 3 aromatic rings. The van der Waals surface area contributed by atoms with E-state index in [-0.39, 0.29) is 24.8 Å². The SMILES string of the molecule is Cc1cc(N2CCN(Cc3cccc(N)c3)CC2)n2ncnc2n1.Cl.Cl. The van der Waals surface area contributed by atoms with Crippen molar-refractivity contribution in [2.75, 3.05) is 36.8 Å². The highest BCUT2D eigenvalue weighted by Crippen LogP contribution is 2.19. The van der Waals surface area contributed by atoms with Gasteiger partial charge in [-0.05, 0) is 24.6 Å². The topological polar surface area (TPSA) is 75.6 Å². The summed E-state index contributed by atoms with van der Waals surface area (Å²) in [7, 11) is 0. The number of hydrogen-bond acceptors (Lipinski definition) is 6. The average Bonchev–Trinajstić information content (AvgIpc) is 3.03. The van der Waals surface area contributed by atoms with Crippen LogP contribution in [0.15, 0.2) is 36.7 Å². The van der Waals surface area contributed by atoms with Gasteiger partial charge in [0, 0.05) is 50.2 Å². The normalized spacial score (nSPS) is 14.7. The van der Waals surface area contributed by atoms with E-state index >= 15 is 0 Å². The molecule has 140 valence electrons. The van der Waals surface area contributed by atoms with E-state index in [2.05, 4.69) is 43.1 Å². The molecule has 0 radical (unpaired) electrons. The quantitative estimate of drug-likeness (QED) is 0.684. The lowest BCUT2D eigenvalue weighted by molar-refractivity contribution is 0.249. The van der Waals surface area contributed by atoms with Crippen molar-refractivity contribution in [1.29, 1.82) is 0 Å². The van der Waals surface area contributed by atoms with Crippen molar-refractivity contribution in [2.45, 2.75) is 13.5 Å². The largest absolute Gasteiger partial charge is 0.399 e. The molecule has 1 saturated heterocycles. The fourth-order valence-electron chi connectivity index (χ4n) is 3.22. The van der Waals surface area contributed by atoms with Crippen LogP contribution >= 0.6 is 24.8 Å². The molecular formula is C17H23Cl2N7. The van der Waals surface area contributed by atoms with Crippen molar-refractivity contribution >= 4 is 42.1 Å². The van der Waals surface area contributed by atoms with Crippen molar-refractivity contribution < 1.29 is 0 Å². The number of benzene rings is 1. The van der Waals surface area contributed by atoms with Gasteiger partial charge in [-0.25, -0.2) is 4.98 Å². The summed E-state index contributed by atoms with van der Waals surface area (Å²) in [4.78, 5) is 13.4. The molecule has 1 aliphatic heterocycles. The highest BCUT2D eigenvalue weighted by Gasteiger charge is 2.20. The summed E-state index contributed by atoms with van der Waals surface area (Å²) in [6.07, 6.45) is 1.56. The number of aromatic nitrogens is 4. The van der Waals surface area contributed by atoms with Crippen LogP contribution in [-0.4, -0.2) is 50.7 Å². The minimum Gasteiger partial charge on any atom is -0.399 e. The van der Waals surface area contributed by atoms with Crippen LogP contribution in [0.1, 0.15) is 11.3 Å². The number of fused-ring (bicyclic) bond motifs is 1. The predicted molar refractivity (Wildman–Crippen MR) is 108 cm³/mol. The third kappa shape index (κ3) is 4.17. The Morgan fingerprint density at radius 3 is 2.58 bits per heavy atom. The average molecular weight is 396 g/mol. The zero-order chi connectivity index (χ0) is 16.5. The molecule has 0 bridgehead atoms. The molecule has 1 aromatic carbocycles. The van der Waals surface area contributed by atoms with Gasteiger partial charge in [-0.3, -0.25) is 4.90 Å². The molecule has 1 fully saturated rings. The van der Waals surface area contributed by atoms with E-state index in [1.807, 2.05) is 23.6 Å². The van der Waals surface area contributed by atoms with Crippen molar-refractivity contribution in [3.63, 3.8) is 0 Å². The monoisotopic (exact) mass is 395 g/mol. The Morgan fingerprint density at radius 2 is 1.85 bits per heavy atom. The number of nitrogens with two attached hydrogens (primary N) is 1. The first-order valence-electron chi connectivity index (χ1n) is 8.18. The molecule has 0 saturated carbocycles. The molecule has 3 heterocycles. The van der Waals surface area contributed by atoms with Crippen molar-refractivity contribution in [1.82, 2.24) is 24.5 Å². The Kier molecular flexibility index (Phi) is 6.63. The molecule has 0 amide bonds. The van der Waals surface area contributed by atoms with E-state index in [9.17, 15) is 0 Å². The molecule has 0 unspecified atom stereocenters. The molecule has 1 aliphatic rings. The van der Waals surface area contributed by atoms with Crippen LogP contribution in [0, 0.1) is 6.92 Å². The molecule has 2 aromatic heterocycles. The van der Waals surface area contributed by atoms with Crippen molar-refractivity contribution in [3.8, 4) is 0 Å². The van der Waals surface area contributed by atoms with Crippen molar-refractivity contribution in [3.05, 3.63) is 47.9 Å².